The van der Waals surface area contributed by atoms with Crippen LogP contribution in [0, 0.1) is 0 Å². The first-order valence-corrected chi connectivity index (χ1v) is 4.63. The molecule has 0 aliphatic rings. The van der Waals surface area contributed by atoms with Gasteiger partial charge in [0.1, 0.15) is 18.9 Å². The molecule has 0 atom stereocenters. The van der Waals surface area contributed by atoms with E-state index < -0.39 is 0 Å². The Hall–Kier alpha value is -0.870. The zero-order valence-electron chi connectivity index (χ0n) is 7.76. The highest BCUT2D eigenvalue weighted by Gasteiger charge is 2.01. The third-order valence-electron chi connectivity index (χ3n) is 1.93. The van der Waals surface area contributed by atoms with Crippen molar-refractivity contribution in [2.45, 2.75) is 25.9 Å². The molecule has 0 aliphatic heterocycles. The van der Waals surface area contributed by atoms with E-state index in [0.29, 0.717) is 6.54 Å². The molecule has 0 radical (unpaired) electrons. The van der Waals surface area contributed by atoms with Crippen molar-refractivity contribution in [2.24, 2.45) is 0 Å². The van der Waals surface area contributed by atoms with E-state index >= 15 is 0 Å². The van der Waals surface area contributed by atoms with Gasteiger partial charge in [0.05, 0.1) is 13.2 Å². The maximum Gasteiger partial charge on any atom is 0.243 e. The van der Waals surface area contributed by atoms with Crippen molar-refractivity contribution in [3.63, 3.8) is 0 Å². The summed E-state index contributed by atoms with van der Waals surface area (Å²) >= 11 is 0. The van der Waals surface area contributed by atoms with Crippen molar-refractivity contribution in [3.05, 3.63) is 18.7 Å². The number of aliphatic hydroxyl groups is 2. The fraction of sp³-hybridized carbons (Fsp3) is 0.667. The minimum atomic E-state index is 0.172. The van der Waals surface area contributed by atoms with Crippen LogP contribution in [-0.4, -0.2) is 28.0 Å². The number of rotatable bonds is 6. The first-order valence-electron chi connectivity index (χ1n) is 4.63. The zero-order valence-corrected chi connectivity index (χ0v) is 7.76. The third-order valence-corrected chi connectivity index (χ3v) is 1.93. The molecule has 0 saturated carbocycles. The van der Waals surface area contributed by atoms with Gasteiger partial charge in [0.25, 0.3) is 0 Å². The summed E-state index contributed by atoms with van der Waals surface area (Å²) in [5.74, 6) is 0. The standard InChI is InChI=1S/C9H17N2O2/c12-7-2-1-3-10-4-5-11(9-10)6-8-13/h4-5,9,12-13H,1-3,6-8H2/q+1. The Kier molecular flexibility index (Phi) is 4.49. The van der Waals surface area contributed by atoms with Crippen LogP contribution in [0.1, 0.15) is 12.8 Å². The van der Waals surface area contributed by atoms with E-state index in [9.17, 15) is 0 Å². The van der Waals surface area contributed by atoms with Crippen molar-refractivity contribution >= 4 is 0 Å². The third kappa shape index (κ3) is 3.57. The lowest BCUT2D eigenvalue weighted by Gasteiger charge is -1.94. The van der Waals surface area contributed by atoms with Gasteiger partial charge in [0, 0.05) is 6.61 Å². The smallest absolute Gasteiger partial charge is 0.243 e. The van der Waals surface area contributed by atoms with E-state index in [1.165, 1.54) is 0 Å². The van der Waals surface area contributed by atoms with E-state index in [1.54, 1.807) is 0 Å². The summed E-state index contributed by atoms with van der Waals surface area (Å²) < 4.78 is 4.00. The van der Waals surface area contributed by atoms with Crippen LogP contribution in [0.25, 0.3) is 0 Å². The number of hydrogen-bond acceptors (Lipinski definition) is 2. The van der Waals surface area contributed by atoms with Crippen molar-refractivity contribution < 1.29 is 14.8 Å². The number of aryl methyl sites for hydroxylation is 1. The molecule has 0 spiro atoms. The van der Waals surface area contributed by atoms with E-state index in [-0.39, 0.29) is 13.2 Å². The van der Waals surface area contributed by atoms with E-state index in [4.69, 9.17) is 10.2 Å². The number of aromatic nitrogens is 2. The van der Waals surface area contributed by atoms with E-state index in [1.807, 2.05) is 23.3 Å². The molecule has 0 saturated heterocycles. The molecule has 1 aromatic heterocycles. The minimum absolute atomic E-state index is 0.172. The molecule has 1 heterocycles. The highest BCUT2D eigenvalue weighted by molar-refractivity contribution is 4.65. The average Bonchev–Trinajstić information content (AvgIpc) is 2.54. The molecule has 0 aromatic carbocycles. The minimum Gasteiger partial charge on any atom is -0.396 e. The Morgan fingerprint density at radius 3 is 2.69 bits per heavy atom. The normalized spacial score (nSPS) is 10.6. The van der Waals surface area contributed by atoms with Gasteiger partial charge >= 0.3 is 0 Å². The van der Waals surface area contributed by atoms with Gasteiger partial charge in [-0.3, -0.25) is 0 Å². The molecular formula is C9H17N2O2+. The Balaban J connectivity index is 2.31. The molecule has 1 rings (SSSR count). The first kappa shape index (κ1) is 10.2. The van der Waals surface area contributed by atoms with Gasteiger partial charge in [-0.15, -0.1) is 0 Å². The molecule has 13 heavy (non-hydrogen) atoms. The first-order chi connectivity index (χ1) is 6.36. The van der Waals surface area contributed by atoms with Crippen molar-refractivity contribution in [1.29, 1.82) is 0 Å². The predicted octanol–water partition coefficient (Wildman–Crippen LogP) is -0.460. The van der Waals surface area contributed by atoms with Crippen LogP contribution < -0.4 is 4.57 Å². The Labute approximate surface area is 78.1 Å². The molecule has 4 heteroatoms. The number of nitrogens with zero attached hydrogens (tertiary/aromatic N) is 2. The molecule has 0 amide bonds. The highest BCUT2D eigenvalue weighted by atomic mass is 16.3. The van der Waals surface area contributed by atoms with Gasteiger partial charge in [-0.25, -0.2) is 9.13 Å². The largest absolute Gasteiger partial charge is 0.396 e. The van der Waals surface area contributed by atoms with Gasteiger partial charge in [0.15, 0.2) is 0 Å². The van der Waals surface area contributed by atoms with Crippen LogP contribution in [0.3, 0.4) is 0 Å². The second-order valence-corrected chi connectivity index (χ2v) is 3.04. The second-order valence-electron chi connectivity index (χ2n) is 3.04. The van der Waals surface area contributed by atoms with E-state index in [2.05, 4.69) is 4.57 Å². The molecule has 74 valence electrons. The Bertz CT molecular complexity index is 235. The van der Waals surface area contributed by atoms with Gasteiger partial charge in [-0.2, -0.15) is 0 Å². The van der Waals surface area contributed by atoms with Gasteiger partial charge in [-0.1, -0.05) is 0 Å². The highest BCUT2D eigenvalue weighted by Crippen LogP contribution is 1.88. The van der Waals surface area contributed by atoms with Crippen LogP contribution in [0.5, 0.6) is 0 Å². The summed E-state index contributed by atoms with van der Waals surface area (Å²) in [6, 6.07) is 0. The van der Waals surface area contributed by atoms with Crippen molar-refractivity contribution in [2.75, 3.05) is 13.2 Å². The fourth-order valence-electron chi connectivity index (χ4n) is 1.22. The van der Waals surface area contributed by atoms with Crippen molar-refractivity contribution in [1.82, 2.24) is 4.57 Å². The number of unbranched alkanes of at least 4 members (excludes halogenated alkanes) is 1. The van der Waals surface area contributed by atoms with Crippen LogP contribution in [0.2, 0.25) is 0 Å². The molecular weight excluding hydrogens is 168 g/mol. The van der Waals surface area contributed by atoms with Gasteiger partial charge in [0.2, 0.25) is 6.33 Å². The van der Waals surface area contributed by atoms with Crippen LogP contribution >= 0.6 is 0 Å². The van der Waals surface area contributed by atoms with E-state index in [0.717, 1.165) is 19.4 Å². The number of imidazole rings is 1. The maximum atomic E-state index is 8.68. The SMILES string of the molecule is OCCCC[n+]1ccn(CCO)c1. The molecule has 1 aromatic rings. The molecule has 2 N–H and O–H groups in total. The monoisotopic (exact) mass is 185 g/mol. The Morgan fingerprint density at radius 2 is 2.00 bits per heavy atom. The maximum absolute atomic E-state index is 8.68. The van der Waals surface area contributed by atoms with Gasteiger partial charge in [-0.05, 0) is 12.8 Å². The topological polar surface area (TPSA) is 49.3 Å². The summed E-state index contributed by atoms with van der Waals surface area (Å²) in [5.41, 5.74) is 0. The fourth-order valence-corrected chi connectivity index (χ4v) is 1.22. The summed E-state index contributed by atoms with van der Waals surface area (Å²) in [5, 5.41) is 17.3. The number of hydrogen-bond donors (Lipinski definition) is 2. The summed E-state index contributed by atoms with van der Waals surface area (Å²) in [6.45, 7) is 2.01. The molecule has 4 nitrogen and oxygen atoms in total. The number of aliphatic hydroxyl groups excluding tert-OH is 2. The summed E-state index contributed by atoms with van der Waals surface area (Å²) in [4.78, 5) is 0. The second kappa shape index (κ2) is 5.72. The lowest BCUT2D eigenvalue weighted by Crippen LogP contribution is -2.31. The van der Waals surface area contributed by atoms with Gasteiger partial charge < -0.3 is 10.2 Å². The molecule has 0 bridgehead atoms. The summed E-state index contributed by atoms with van der Waals surface area (Å²) in [6.07, 6.45) is 7.72. The lowest BCUT2D eigenvalue weighted by atomic mass is 10.3. The molecule has 0 fully saturated rings. The quantitative estimate of drug-likeness (QED) is 0.465. The Morgan fingerprint density at radius 1 is 1.15 bits per heavy atom. The zero-order chi connectivity index (χ0) is 9.52. The predicted molar refractivity (Wildman–Crippen MR) is 48.0 cm³/mol. The molecule has 0 aliphatic carbocycles. The van der Waals surface area contributed by atoms with Crippen LogP contribution in [0.15, 0.2) is 18.7 Å². The van der Waals surface area contributed by atoms with Crippen molar-refractivity contribution in [3.8, 4) is 0 Å². The summed E-state index contributed by atoms with van der Waals surface area (Å²) in [7, 11) is 0. The lowest BCUT2D eigenvalue weighted by molar-refractivity contribution is -0.697. The van der Waals surface area contributed by atoms with Crippen LogP contribution in [-0.2, 0) is 13.1 Å². The molecule has 0 unspecified atom stereocenters. The van der Waals surface area contributed by atoms with Crippen LogP contribution in [0.4, 0.5) is 0 Å². The average molecular weight is 185 g/mol.